The molecule has 0 unspecified atom stereocenters. The number of piperidine rings is 1. The smallest absolute Gasteiger partial charge is 0.366 e. The Bertz CT molecular complexity index is 813. The summed E-state index contributed by atoms with van der Waals surface area (Å²) >= 11 is 0. The van der Waals surface area contributed by atoms with Crippen LogP contribution in [0.1, 0.15) is 19.3 Å². The number of aromatic nitrogens is 5. The zero-order valence-corrected chi connectivity index (χ0v) is 15.6. The van der Waals surface area contributed by atoms with Crippen molar-refractivity contribution in [3.8, 4) is 5.88 Å². The molecule has 4 rings (SSSR count). The molecule has 9 nitrogen and oxygen atoms in total. The summed E-state index contributed by atoms with van der Waals surface area (Å²) in [7, 11) is 1.57. The van der Waals surface area contributed by atoms with Crippen molar-refractivity contribution in [2.24, 2.45) is 13.0 Å². The molecule has 2 aromatic rings. The molecule has 2 atom stereocenters. The molecular formula is C18H25N7O2. The van der Waals surface area contributed by atoms with Crippen molar-refractivity contribution in [2.75, 3.05) is 37.7 Å². The number of rotatable bonds is 5. The Balaban J connectivity index is 1.25. The van der Waals surface area contributed by atoms with Gasteiger partial charge >= 0.3 is 5.69 Å². The third-order valence-corrected chi connectivity index (χ3v) is 5.44. The lowest BCUT2D eigenvalue weighted by Gasteiger charge is -2.46. The molecule has 0 aliphatic carbocycles. The van der Waals surface area contributed by atoms with Crippen LogP contribution >= 0.6 is 0 Å². The van der Waals surface area contributed by atoms with Crippen LogP contribution in [0.2, 0.25) is 0 Å². The van der Waals surface area contributed by atoms with E-state index in [1.165, 1.54) is 23.7 Å². The fourth-order valence-corrected chi connectivity index (χ4v) is 3.91. The van der Waals surface area contributed by atoms with Crippen molar-refractivity contribution in [1.82, 2.24) is 29.6 Å². The molecule has 2 aliphatic heterocycles. The molecule has 0 radical (unpaired) electrons. The summed E-state index contributed by atoms with van der Waals surface area (Å²) < 4.78 is 6.81. The average molecular weight is 371 g/mol. The largest absolute Gasteiger partial charge is 0.476 e. The van der Waals surface area contributed by atoms with E-state index in [2.05, 4.69) is 29.9 Å². The first-order valence-corrected chi connectivity index (χ1v) is 9.48. The minimum Gasteiger partial charge on any atom is -0.476 e. The van der Waals surface area contributed by atoms with Gasteiger partial charge in [-0.25, -0.2) is 19.4 Å². The minimum atomic E-state index is -0.395. The van der Waals surface area contributed by atoms with E-state index >= 15 is 0 Å². The van der Waals surface area contributed by atoms with Gasteiger partial charge in [0.1, 0.15) is 6.20 Å². The lowest BCUT2D eigenvalue weighted by molar-refractivity contribution is 0.0847. The second kappa shape index (κ2) is 7.99. The summed E-state index contributed by atoms with van der Waals surface area (Å²) in [5, 5.41) is 3.92. The average Bonchev–Trinajstić information content (AvgIpc) is 2.71. The zero-order valence-electron chi connectivity index (χ0n) is 15.6. The third-order valence-electron chi connectivity index (χ3n) is 5.44. The van der Waals surface area contributed by atoms with Crippen LogP contribution in [0, 0.1) is 5.92 Å². The minimum absolute atomic E-state index is 0.309. The van der Waals surface area contributed by atoms with Gasteiger partial charge in [0.05, 0.1) is 6.61 Å². The van der Waals surface area contributed by atoms with Crippen LogP contribution in [0.3, 0.4) is 0 Å². The Labute approximate surface area is 158 Å². The van der Waals surface area contributed by atoms with Gasteiger partial charge in [-0.1, -0.05) is 0 Å². The summed E-state index contributed by atoms with van der Waals surface area (Å²) in [6, 6.07) is 2.43. The highest BCUT2D eigenvalue weighted by Gasteiger charge is 2.33. The molecular weight excluding hydrogens is 346 g/mol. The standard InChI is InChI=1S/C18H25N7O2/c1-23-18(26)22-16(11-21-23)27-10-5-14-3-4-15-13-25(9-8-24(15)12-14)17-19-6-2-7-20-17/h2,6-7,11,14-15H,3-5,8-10,12-13H2,1H3/t14-,15-/m0/s1. The number of piperazine rings is 1. The van der Waals surface area contributed by atoms with Crippen molar-refractivity contribution in [3.05, 3.63) is 35.1 Å². The molecule has 0 saturated carbocycles. The number of anilines is 1. The van der Waals surface area contributed by atoms with Crippen LogP contribution in [-0.2, 0) is 7.05 Å². The molecule has 0 N–H and O–H groups in total. The molecule has 2 aliphatic rings. The third kappa shape index (κ3) is 4.24. The second-order valence-electron chi connectivity index (χ2n) is 7.22. The van der Waals surface area contributed by atoms with E-state index in [1.54, 1.807) is 19.4 Å². The maximum atomic E-state index is 11.5. The number of hydrogen-bond donors (Lipinski definition) is 0. The van der Waals surface area contributed by atoms with Crippen LogP contribution in [0.15, 0.2) is 29.5 Å². The van der Waals surface area contributed by atoms with Gasteiger partial charge in [0.15, 0.2) is 0 Å². The normalized spacial score (nSPS) is 23.1. The monoisotopic (exact) mass is 371 g/mol. The van der Waals surface area contributed by atoms with Gasteiger partial charge in [-0.15, -0.1) is 0 Å². The molecule has 0 bridgehead atoms. The van der Waals surface area contributed by atoms with Crippen LogP contribution < -0.4 is 15.3 Å². The predicted molar refractivity (Wildman–Crippen MR) is 99.7 cm³/mol. The molecule has 4 heterocycles. The van der Waals surface area contributed by atoms with Crippen molar-refractivity contribution in [3.63, 3.8) is 0 Å². The molecule has 144 valence electrons. The fourth-order valence-electron chi connectivity index (χ4n) is 3.91. The first-order chi connectivity index (χ1) is 13.2. The highest BCUT2D eigenvalue weighted by Crippen LogP contribution is 2.28. The van der Waals surface area contributed by atoms with E-state index in [0.29, 0.717) is 24.4 Å². The van der Waals surface area contributed by atoms with Crippen LogP contribution in [0.25, 0.3) is 0 Å². The molecule has 0 amide bonds. The summed E-state index contributed by atoms with van der Waals surface area (Å²) in [6.07, 6.45) is 8.43. The highest BCUT2D eigenvalue weighted by molar-refractivity contribution is 5.30. The van der Waals surface area contributed by atoms with Gasteiger partial charge in [-0.05, 0) is 31.2 Å². The van der Waals surface area contributed by atoms with E-state index in [9.17, 15) is 4.79 Å². The molecule has 9 heteroatoms. The van der Waals surface area contributed by atoms with E-state index in [4.69, 9.17) is 4.74 Å². The van der Waals surface area contributed by atoms with E-state index in [-0.39, 0.29) is 0 Å². The number of hydrogen-bond acceptors (Lipinski definition) is 8. The Morgan fingerprint density at radius 1 is 1.19 bits per heavy atom. The van der Waals surface area contributed by atoms with Crippen molar-refractivity contribution in [1.29, 1.82) is 0 Å². The SMILES string of the molecule is Cn1ncc(OCC[C@@H]2CC[C@H]3CN(c4ncccn4)CCN3C2)nc1=O. The fraction of sp³-hybridized carbons (Fsp3) is 0.611. The first-order valence-electron chi connectivity index (χ1n) is 9.48. The van der Waals surface area contributed by atoms with Crippen LogP contribution in [0.5, 0.6) is 5.88 Å². The van der Waals surface area contributed by atoms with Gasteiger partial charge < -0.3 is 9.64 Å². The molecule has 0 aromatic carbocycles. The summed E-state index contributed by atoms with van der Waals surface area (Å²) in [4.78, 5) is 29.0. The van der Waals surface area contributed by atoms with Crippen molar-refractivity contribution >= 4 is 5.95 Å². The highest BCUT2D eigenvalue weighted by atomic mass is 16.5. The Morgan fingerprint density at radius 2 is 2.04 bits per heavy atom. The van der Waals surface area contributed by atoms with Gasteiger partial charge in [-0.2, -0.15) is 10.1 Å². The van der Waals surface area contributed by atoms with E-state index < -0.39 is 5.69 Å². The van der Waals surface area contributed by atoms with E-state index in [1.807, 2.05) is 6.07 Å². The molecule has 0 spiro atoms. The maximum Gasteiger partial charge on any atom is 0.366 e. The van der Waals surface area contributed by atoms with Crippen LogP contribution in [0.4, 0.5) is 5.95 Å². The van der Waals surface area contributed by atoms with Gasteiger partial charge in [0.2, 0.25) is 11.8 Å². The van der Waals surface area contributed by atoms with E-state index in [0.717, 1.165) is 38.5 Å². The molecule has 2 fully saturated rings. The summed E-state index contributed by atoms with van der Waals surface area (Å²) in [6.45, 7) is 4.66. The maximum absolute atomic E-state index is 11.5. The topological polar surface area (TPSA) is 89.3 Å². The number of fused-ring (bicyclic) bond motifs is 1. The zero-order chi connectivity index (χ0) is 18.6. The predicted octanol–water partition coefficient (Wildman–Crippen LogP) is 0.335. The molecule has 2 aromatic heterocycles. The Morgan fingerprint density at radius 3 is 2.85 bits per heavy atom. The molecule has 2 saturated heterocycles. The second-order valence-corrected chi connectivity index (χ2v) is 7.22. The lowest BCUT2D eigenvalue weighted by atomic mass is 9.89. The summed E-state index contributed by atoms with van der Waals surface area (Å²) in [5.74, 6) is 1.76. The number of aryl methyl sites for hydroxylation is 1. The Hall–Kier alpha value is -2.55. The van der Waals surface area contributed by atoms with Crippen molar-refractivity contribution in [2.45, 2.75) is 25.3 Å². The van der Waals surface area contributed by atoms with Crippen molar-refractivity contribution < 1.29 is 4.74 Å². The lowest BCUT2D eigenvalue weighted by Crippen LogP contribution is -2.56. The Kier molecular flexibility index (Phi) is 5.28. The summed E-state index contributed by atoms with van der Waals surface area (Å²) in [5.41, 5.74) is -0.395. The first kappa shape index (κ1) is 17.8. The number of nitrogens with zero attached hydrogens (tertiary/aromatic N) is 7. The quantitative estimate of drug-likeness (QED) is 0.743. The van der Waals surface area contributed by atoms with Gasteiger partial charge in [0, 0.05) is 51.7 Å². The van der Waals surface area contributed by atoms with Gasteiger partial charge in [0.25, 0.3) is 0 Å². The van der Waals surface area contributed by atoms with Crippen LogP contribution in [-0.4, -0.2) is 68.5 Å². The molecule has 27 heavy (non-hydrogen) atoms. The number of ether oxygens (including phenoxy) is 1. The van der Waals surface area contributed by atoms with Gasteiger partial charge in [-0.3, -0.25) is 4.90 Å².